The molecule has 2 aromatic rings. The van der Waals surface area contributed by atoms with Gasteiger partial charge >= 0.3 is 5.97 Å². The summed E-state index contributed by atoms with van der Waals surface area (Å²) in [5, 5.41) is 12.2. The molecule has 0 amide bonds. The van der Waals surface area contributed by atoms with E-state index in [2.05, 4.69) is 5.38 Å². The number of aryl methyl sites for hydroxylation is 1. The van der Waals surface area contributed by atoms with Gasteiger partial charge in [-0.05, 0) is 47.9 Å². The van der Waals surface area contributed by atoms with Gasteiger partial charge in [-0.2, -0.15) is 0 Å². The van der Waals surface area contributed by atoms with E-state index in [-0.39, 0.29) is 0 Å². The van der Waals surface area contributed by atoms with Gasteiger partial charge in [-0.1, -0.05) is 6.07 Å². The molecule has 0 radical (unpaired) electrons. The molecular formula is C12H12O2S. The first-order valence-electron chi connectivity index (χ1n) is 4.80. The van der Waals surface area contributed by atoms with Gasteiger partial charge in [0.05, 0.1) is 5.92 Å². The number of hydrogen-bond donors (Lipinski definition) is 1. The number of fused-ring (bicyclic) bond motifs is 1. The summed E-state index contributed by atoms with van der Waals surface area (Å²) >= 11 is 1.70. The van der Waals surface area contributed by atoms with Crippen LogP contribution in [0.15, 0.2) is 23.6 Å². The first kappa shape index (κ1) is 10.2. The molecule has 0 saturated heterocycles. The number of carboxylic acids is 1. The molecule has 78 valence electrons. The highest BCUT2D eigenvalue weighted by Gasteiger charge is 2.14. The van der Waals surface area contributed by atoms with Gasteiger partial charge in [0.15, 0.2) is 0 Å². The molecule has 1 heterocycles. The molecule has 1 N–H and O–H groups in total. The maximum absolute atomic E-state index is 10.9. The van der Waals surface area contributed by atoms with E-state index in [1.807, 2.05) is 25.1 Å². The predicted molar refractivity (Wildman–Crippen MR) is 62.6 cm³/mol. The van der Waals surface area contributed by atoms with E-state index in [4.69, 9.17) is 5.11 Å². The van der Waals surface area contributed by atoms with Crippen LogP contribution in [0.1, 0.15) is 24.0 Å². The van der Waals surface area contributed by atoms with E-state index in [9.17, 15) is 4.79 Å². The van der Waals surface area contributed by atoms with Crippen molar-refractivity contribution < 1.29 is 9.90 Å². The van der Waals surface area contributed by atoms with Crippen LogP contribution in [-0.4, -0.2) is 11.1 Å². The standard InChI is InChI=1S/C12H12O2S/c1-7-6-15-11-4-3-9(5-10(7)11)8(2)12(13)14/h3-6,8H,1-2H3,(H,13,14). The third-order valence-corrected chi connectivity index (χ3v) is 3.74. The lowest BCUT2D eigenvalue weighted by Gasteiger charge is -2.06. The first-order valence-corrected chi connectivity index (χ1v) is 5.68. The quantitative estimate of drug-likeness (QED) is 0.842. The van der Waals surface area contributed by atoms with Crippen LogP contribution in [0.2, 0.25) is 0 Å². The lowest BCUT2D eigenvalue weighted by molar-refractivity contribution is -0.138. The molecule has 2 rings (SSSR count). The Kier molecular flexibility index (Phi) is 2.49. The second-order valence-corrected chi connectivity index (χ2v) is 4.65. The number of carboxylic acid groups (broad SMARTS) is 1. The second-order valence-electron chi connectivity index (χ2n) is 3.73. The van der Waals surface area contributed by atoms with Gasteiger partial charge in [-0.25, -0.2) is 0 Å². The van der Waals surface area contributed by atoms with Crippen molar-refractivity contribution in [2.24, 2.45) is 0 Å². The number of benzene rings is 1. The van der Waals surface area contributed by atoms with Gasteiger partial charge in [-0.15, -0.1) is 11.3 Å². The Labute approximate surface area is 92.2 Å². The summed E-state index contributed by atoms with van der Waals surface area (Å²) in [4.78, 5) is 10.9. The molecule has 0 spiro atoms. The molecule has 1 aromatic heterocycles. The van der Waals surface area contributed by atoms with Crippen LogP contribution in [0.3, 0.4) is 0 Å². The van der Waals surface area contributed by atoms with Crippen LogP contribution in [0.4, 0.5) is 0 Å². The van der Waals surface area contributed by atoms with Crippen LogP contribution in [0.25, 0.3) is 10.1 Å². The SMILES string of the molecule is Cc1csc2ccc(C(C)C(=O)O)cc12. The zero-order chi connectivity index (χ0) is 11.0. The highest BCUT2D eigenvalue weighted by Crippen LogP contribution is 2.28. The van der Waals surface area contributed by atoms with Gasteiger partial charge in [0.25, 0.3) is 0 Å². The lowest BCUT2D eigenvalue weighted by Crippen LogP contribution is -2.06. The zero-order valence-electron chi connectivity index (χ0n) is 8.65. The molecular weight excluding hydrogens is 208 g/mol. The van der Waals surface area contributed by atoms with Gasteiger partial charge < -0.3 is 5.11 Å². The second kappa shape index (κ2) is 3.66. The summed E-state index contributed by atoms with van der Waals surface area (Å²) in [6.45, 7) is 3.76. The molecule has 3 heteroatoms. The minimum absolute atomic E-state index is 0.436. The largest absolute Gasteiger partial charge is 0.481 e. The number of rotatable bonds is 2. The molecule has 0 fully saturated rings. The van der Waals surface area contributed by atoms with Gasteiger partial charge in [0.2, 0.25) is 0 Å². The maximum Gasteiger partial charge on any atom is 0.310 e. The van der Waals surface area contributed by atoms with E-state index in [0.29, 0.717) is 0 Å². The van der Waals surface area contributed by atoms with Crippen molar-refractivity contribution >= 4 is 27.4 Å². The number of carbonyl (C=O) groups is 1. The topological polar surface area (TPSA) is 37.3 Å². The molecule has 1 unspecified atom stereocenters. The molecule has 1 aromatic carbocycles. The summed E-state index contributed by atoms with van der Waals surface area (Å²) in [6.07, 6.45) is 0. The summed E-state index contributed by atoms with van der Waals surface area (Å²) in [7, 11) is 0. The third kappa shape index (κ3) is 1.75. The van der Waals surface area contributed by atoms with Crippen LogP contribution >= 0.6 is 11.3 Å². The Morgan fingerprint density at radius 3 is 2.87 bits per heavy atom. The lowest BCUT2D eigenvalue weighted by atomic mass is 9.99. The van der Waals surface area contributed by atoms with Crippen molar-refractivity contribution in [3.63, 3.8) is 0 Å². The number of aliphatic carboxylic acids is 1. The Hall–Kier alpha value is -1.35. The van der Waals surface area contributed by atoms with Crippen LogP contribution in [0.5, 0.6) is 0 Å². The van der Waals surface area contributed by atoms with Crippen LogP contribution in [0, 0.1) is 6.92 Å². The van der Waals surface area contributed by atoms with E-state index < -0.39 is 11.9 Å². The maximum atomic E-state index is 10.9. The van der Waals surface area contributed by atoms with Crippen LogP contribution in [-0.2, 0) is 4.79 Å². The van der Waals surface area contributed by atoms with Gasteiger partial charge in [0, 0.05) is 4.70 Å². The predicted octanol–water partition coefficient (Wildman–Crippen LogP) is 3.40. The van der Waals surface area contributed by atoms with Crippen molar-refractivity contribution in [1.82, 2.24) is 0 Å². The Balaban J connectivity index is 2.54. The molecule has 0 bridgehead atoms. The average molecular weight is 220 g/mol. The van der Waals surface area contributed by atoms with Gasteiger partial charge in [0.1, 0.15) is 0 Å². The van der Waals surface area contributed by atoms with Crippen molar-refractivity contribution in [3.05, 3.63) is 34.7 Å². The van der Waals surface area contributed by atoms with Crippen molar-refractivity contribution in [2.45, 2.75) is 19.8 Å². The van der Waals surface area contributed by atoms with E-state index >= 15 is 0 Å². The fraction of sp³-hybridized carbons (Fsp3) is 0.250. The minimum Gasteiger partial charge on any atom is -0.481 e. The van der Waals surface area contributed by atoms with Crippen molar-refractivity contribution in [1.29, 1.82) is 0 Å². The summed E-state index contributed by atoms with van der Waals surface area (Å²) in [6, 6.07) is 5.89. The van der Waals surface area contributed by atoms with E-state index in [0.717, 1.165) is 5.56 Å². The number of thiophene rings is 1. The van der Waals surface area contributed by atoms with Crippen molar-refractivity contribution in [2.75, 3.05) is 0 Å². The van der Waals surface area contributed by atoms with E-state index in [1.165, 1.54) is 15.6 Å². The smallest absolute Gasteiger partial charge is 0.310 e. The fourth-order valence-electron chi connectivity index (χ4n) is 1.59. The average Bonchev–Trinajstić information content (AvgIpc) is 2.59. The highest BCUT2D eigenvalue weighted by molar-refractivity contribution is 7.17. The Morgan fingerprint density at radius 2 is 2.20 bits per heavy atom. The molecule has 0 saturated carbocycles. The van der Waals surface area contributed by atoms with Gasteiger partial charge in [-0.3, -0.25) is 4.79 Å². The Morgan fingerprint density at radius 1 is 1.47 bits per heavy atom. The van der Waals surface area contributed by atoms with Crippen molar-refractivity contribution in [3.8, 4) is 0 Å². The normalized spacial score (nSPS) is 12.9. The van der Waals surface area contributed by atoms with Crippen LogP contribution < -0.4 is 0 Å². The molecule has 1 atom stereocenters. The summed E-state index contributed by atoms with van der Waals surface area (Å²) < 4.78 is 1.22. The van der Waals surface area contributed by atoms with E-state index in [1.54, 1.807) is 18.3 Å². The molecule has 2 nitrogen and oxygen atoms in total. The number of hydrogen-bond acceptors (Lipinski definition) is 2. The fourth-order valence-corrected chi connectivity index (χ4v) is 2.51. The monoisotopic (exact) mass is 220 g/mol. The summed E-state index contributed by atoms with van der Waals surface area (Å²) in [5.74, 6) is -1.21. The molecule has 15 heavy (non-hydrogen) atoms. The first-order chi connectivity index (χ1) is 7.09. The highest BCUT2D eigenvalue weighted by atomic mass is 32.1. The molecule has 0 aliphatic carbocycles. The molecule has 0 aliphatic heterocycles. The molecule has 0 aliphatic rings. The third-order valence-electron chi connectivity index (χ3n) is 2.66. The minimum atomic E-state index is -0.776. The zero-order valence-corrected chi connectivity index (χ0v) is 9.47. The summed E-state index contributed by atoms with van der Waals surface area (Å²) in [5.41, 5.74) is 2.09. The Bertz CT molecular complexity index is 513.